The van der Waals surface area contributed by atoms with Gasteiger partial charge in [0.05, 0.1) is 6.10 Å². The predicted molar refractivity (Wildman–Crippen MR) is 72.2 cm³/mol. The lowest BCUT2D eigenvalue weighted by Crippen LogP contribution is -2.62. The van der Waals surface area contributed by atoms with E-state index in [1.807, 2.05) is 0 Å². The SMILES string of the molecule is CCOC1CC(NCC2(CC)CCC2)C1(C)C. The maximum Gasteiger partial charge on any atom is 0.0655 e. The molecule has 0 saturated heterocycles. The standard InChI is InChI=1S/C15H29NO/c1-5-15(8-7-9-15)11-16-12-10-13(17-6-2)14(12,3)4/h12-13,16H,5-11H2,1-4H3. The molecule has 0 aliphatic heterocycles. The van der Waals surface area contributed by atoms with E-state index in [9.17, 15) is 0 Å². The zero-order chi connectivity index (χ0) is 12.5. The number of hydrogen-bond donors (Lipinski definition) is 1. The van der Waals surface area contributed by atoms with Crippen LogP contribution in [0.4, 0.5) is 0 Å². The lowest BCUT2D eigenvalue weighted by Gasteiger charge is -2.53. The van der Waals surface area contributed by atoms with E-state index in [0.717, 1.165) is 6.61 Å². The normalized spacial score (nSPS) is 33.9. The van der Waals surface area contributed by atoms with Crippen molar-refractivity contribution in [1.29, 1.82) is 0 Å². The highest BCUT2D eigenvalue weighted by molar-refractivity contribution is 5.04. The van der Waals surface area contributed by atoms with Crippen LogP contribution in [0.1, 0.15) is 59.8 Å². The Morgan fingerprint density at radius 1 is 1.24 bits per heavy atom. The molecular weight excluding hydrogens is 210 g/mol. The molecule has 0 heterocycles. The Labute approximate surface area is 107 Å². The average molecular weight is 239 g/mol. The Kier molecular flexibility index (Phi) is 3.84. The van der Waals surface area contributed by atoms with Crippen LogP contribution in [0.25, 0.3) is 0 Å². The van der Waals surface area contributed by atoms with Gasteiger partial charge in [0.2, 0.25) is 0 Å². The Bertz CT molecular complexity index is 252. The molecular formula is C15H29NO. The molecule has 2 aliphatic rings. The van der Waals surface area contributed by atoms with Gasteiger partial charge in [0.25, 0.3) is 0 Å². The maximum atomic E-state index is 5.78. The van der Waals surface area contributed by atoms with Crippen molar-refractivity contribution in [3.05, 3.63) is 0 Å². The molecule has 0 aromatic heterocycles. The molecule has 0 aromatic carbocycles. The fraction of sp³-hybridized carbons (Fsp3) is 1.00. The van der Waals surface area contributed by atoms with Gasteiger partial charge < -0.3 is 10.1 Å². The van der Waals surface area contributed by atoms with Crippen LogP contribution in [0.15, 0.2) is 0 Å². The van der Waals surface area contributed by atoms with Crippen molar-refractivity contribution in [2.75, 3.05) is 13.2 Å². The van der Waals surface area contributed by atoms with Crippen LogP contribution in [-0.2, 0) is 4.74 Å². The quantitative estimate of drug-likeness (QED) is 0.767. The smallest absolute Gasteiger partial charge is 0.0655 e. The van der Waals surface area contributed by atoms with Crippen LogP contribution < -0.4 is 5.32 Å². The van der Waals surface area contributed by atoms with E-state index in [4.69, 9.17) is 4.74 Å². The second-order valence-corrected chi connectivity index (χ2v) is 6.64. The summed E-state index contributed by atoms with van der Waals surface area (Å²) < 4.78 is 5.78. The first kappa shape index (κ1) is 13.4. The van der Waals surface area contributed by atoms with Gasteiger partial charge in [0, 0.05) is 24.6 Å². The van der Waals surface area contributed by atoms with Gasteiger partial charge in [0.15, 0.2) is 0 Å². The van der Waals surface area contributed by atoms with Crippen LogP contribution in [0.3, 0.4) is 0 Å². The van der Waals surface area contributed by atoms with Gasteiger partial charge in [0.1, 0.15) is 0 Å². The third kappa shape index (κ3) is 2.39. The summed E-state index contributed by atoms with van der Waals surface area (Å²) in [6.45, 7) is 11.2. The van der Waals surface area contributed by atoms with Crippen LogP contribution in [0.2, 0.25) is 0 Å². The van der Waals surface area contributed by atoms with Crippen molar-refractivity contribution in [3.63, 3.8) is 0 Å². The zero-order valence-corrected chi connectivity index (χ0v) is 12.0. The Morgan fingerprint density at radius 3 is 2.35 bits per heavy atom. The largest absolute Gasteiger partial charge is 0.378 e. The molecule has 0 spiro atoms. The summed E-state index contributed by atoms with van der Waals surface area (Å²) in [6.07, 6.45) is 7.29. The molecule has 2 fully saturated rings. The summed E-state index contributed by atoms with van der Waals surface area (Å²) in [4.78, 5) is 0. The van der Waals surface area contributed by atoms with Crippen LogP contribution in [0.5, 0.6) is 0 Å². The first-order valence-corrected chi connectivity index (χ1v) is 7.39. The molecule has 2 aliphatic carbocycles. The molecule has 0 radical (unpaired) electrons. The maximum absolute atomic E-state index is 5.78. The number of rotatable bonds is 6. The van der Waals surface area contributed by atoms with Gasteiger partial charge in [-0.3, -0.25) is 0 Å². The van der Waals surface area contributed by atoms with Crippen molar-refractivity contribution >= 4 is 0 Å². The van der Waals surface area contributed by atoms with E-state index >= 15 is 0 Å². The van der Waals surface area contributed by atoms with Crippen LogP contribution in [-0.4, -0.2) is 25.3 Å². The monoisotopic (exact) mass is 239 g/mol. The number of ether oxygens (including phenoxy) is 1. The zero-order valence-electron chi connectivity index (χ0n) is 12.0. The van der Waals surface area contributed by atoms with Gasteiger partial charge in [-0.15, -0.1) is 0 Å². The molecule has 2 saturated carbocycles. The number of nitrogens with one attached hydrogen (secondary N) is 1. The fourth-order valence-electron chi connectivity index (χ4n) is 3.39. The minimum Gasteiger partial charge on any atom is -0.378 e. The van der Waals surface area contributed by atoms with Crippen molar-refractivity contribution in [3.8, 4) is 0 Å². The third-order valence-corrected chi connectivity index (χ3v) is 5.43. The van der Waals surface area contributed by atoms with E-state index in [1.165, 1.54) is 38.6 Å². The average Bonchev–Trinajstić information content (AvgIpc) is 2.25. The lowest BCUT2D eigenvalue weighted by molar-refractivity contribution is -0.117. The van der Waals surface area contributed by atoms with E-state index in [2.05, 4.69) is 33.0 Å². The highest BCUT2D eigenvalue weighted by atomic mass is 16.5. The summed E-state index contributed by atoms with van der Waals surface area (Å²) in [5, 5.41) is 3.81. The summed E-state index contributed by atoms with van der Waals surface area (Å²) in [5.74, 6) is 0. The van der Waals surface area contributed by atoms with Gasteiger partial charge >= 0.3 is 0 Å². The molecule has 0 bridgehead atoms. The van der Waals surface area contributed by atoms with E-state index < -0.39 is 0 Å². The summed E-state index contributed by atoms with van der Waals surface area (Å²) >= 11 is 0. The Hall–Kier alpha value is -0.0800. The highest BCUT2D eigenvalue weighted by Crippen LogP contribution is 2.46. The molecule has 2 heteroatoms. The van der Waals surface area contributed by atoms with Crippen molar-refractivity contribution in [2.24, 2.45) is 10.8 Å². The Morgan fingerprint density at radius 2 is 1.94 bits per heavy atom. The molecule has 2 atom stereocenters. The molecule has 2 unspecified atom stereocenters. The topological polar surface area (TPSA) is 21.3 Å². The van der Waals surface area contributed by atoms with E-state index in [1.54, 1.807) is 0 Å². The van der Waals surface area contributed by atoms with Gasteiger partial charge in [-0.1, -0.05) is 27.2 Å². The van der Waals surface area contributed by atoms with Gasteiger partial charge in [-0.2, -0.15) is 0 Å². The van der Waals surface area contributed by atoms with Gasteiger partial charge in [-0.05, 0) is 38.0 Å². The van der Waals surface area contributed by atoms with Crippen molar-refractivity contribution in [1.82, 2.24) is 5.32 Å². The second kappa shape index (κ2) is 4.89. The Balaban J connectivity index is 1.78. The van der Waals surface area contributed by atoms with Crippen LogP contribution >= 0.6 is 0 Å². The van der Waals surface area contributed by atoms with E-state index in [0.29, 0.717) is 23.0 Å². The first-order valence-electron chi connectivity index (χ1n) is 7.39. The summed E-state index contributed by atoms with van der Waals surface area (Å²) in [6, 6.07) is 0.656. The first-order chi connectivity index (χ1) is 8.04. The number of hydrogen-bond acceptors (Lipinski definition) is 2. The second-order valence-electron chi connectivity index (χ2n) is 6.64. The minimum atomic E-state index is 0.314. The highest BCUT2D eigenvalue weighted by Gasteiger charge is 2.49. The van der Waals surface area contributed by atoms with Gasteiger partial charge in [-0.25, -0.2) is 0 Å². The third-order valence-electron chi connectivity index (χ3n) is 5.43. The predicted octanol–water partition coefficient (Wildman–Crippen LogP) is 3.36. The van der Waals surface area contributed by atoms with Crippen molar-refractivity contribution < 1.29 is 4.74 Å². The molecule has 2 rings (SSSR count). The summed E-state index contributed by atoms with van der Waals surface area (Å²) in [7, 11) is 0. The minimum absolute atomic E-state index is 0.314. The fourth-order valence-corrected chi connectivity index (χ4v) is 3.39. The molecule has 1 N–H and O–H groups in total. The van der Waals surface area contributed by atoms with Crippen molar-refractivity contribution in [2.45, 2.75) is 71.9 Å². The molecule has 100 valence electrons. The van der Waals surface area contributed by atoms with E-state index in [-0.39, 0.29) is 0 Å². The molecule has 17 heavy (non-hydrogen) atoms. The molecule has 0 aromatic rings. The lowest BCUT2D eigenvalue weighted by atomic mass is 9.63. The van der Waals surface area contributed by atoms with Crippen LogP contribution in [0, 0.1) is 10.8 Å². The molecule has 0 amide bonds. The molecule has 2 nitrogen and oxygen atoms in total. The summed E-state index contributed by atoms with van der Waals surface area (Å²) in [5.41, 5.74) is 0.946.